The van der Waals surface area contributed by atoms with Crippen molar-refractivity contribution in [2.24, 2.45) is 0 Å². The molecule has 2 rings (SSSR count). The number of alkyl carbamates (subject to hydrolysis) is 1. The molecule has 2 amide bonds. The Kier molecular flexibility index (Phi) is 4.94. The number of hydrogen-bond donors (Lipinski definition) is 1. The van der Waals surface area contributed by atoms with Crippen molar-refractivity contribution in [3.63, 3.8) is 0 Å². The van der Waals surface area contributed by atoms with Gasteiger partial charge in [0.2, 0.25) is 0 Å². The Bertz CT molecular complexity index is 760. The van der Waals surface area contributed by atoms with Crippen LogP contribution in [0.1, 0.15) is 9.67 Å². The highest BCUT2D eigenvalue weighted by Crippen LogP contribution is 2.36. The molecule has 1 aromatic carbocycles. The van der Waals surface area contributed by atoms with Crippen molar-refractivity contribution >= 4 is 51.0 Å². The molecular weight excluding hydrogens is 337 g/mol. The van der Waals surface area contributed by atoms with Gasteiger partial charge >= 0.3 is 12.1 Å². The number of halogens is 2. The zero-order valence-corrected chi connectivity index (χ0v) is 12.7. The molecule has 1 N–H and O–H groups in total. The van der Waals surface area contributed by atoms with Crippen molar-refractivity contribution in [1.29, 1.82) is 0 Å². The molecule has 22 heavy (non-hydrogen) atoms. The van der Waals surface area contributed by atoms with Crippen LogP contribution >= 0.6 is 22.9 Å². The zero-order valence-electron chi connectivity index (χ0n) is 11.1. The summed E-state index contributed by atoms with van der Waals surface area (Å²) in [6.45, 7) is -0.674. The van der Waals surface area contributed by atoms with E-state index >= 15 is 0 Å². The van der Waals surface area contributed by atoms with Crippen molar-refractivity contribution in [2.75, 3.05) is 13.7 Å². The first kappa shape index (κ1) is 16.2. The van der Waals surface area contributed by atoms with Gasteiger partial charge in [0.25, 0.3) is 5.91 Å². The smallest absolute Gasteiger partial charge is 0.413 e. The van der Waals surface area contributed by atoms with Gasteiger partial charge in [-0.15, -0.1) is 11.3 Å². The number of thiophene rings is 1. The van der Waals surface area contributed by atoms with E-state index in [0.29, 0.717) is 10.1 Å². The quantitative estimate of drug-likeness (QED) is 0.865. The van der Waals surface area contributed by atoms with Gasteiger partial charge < -0.3 is 9.47 Å². The summed E-state index contributed by atoms with van der Waals surface area (Å²) in [6, 6.07) is 3.91. The number of hydrogen-bond acceptors (Lipinski definition) is 6. The van der Waals surface area contributed by atoms with Gasteiger partial charge in [0.05, 0.1) is 12.1 Å². The number of carbonyl (C=O) groups excluding carboxylic acids is 3. The van der Waals surface area contributed by atoms with Gasteiger partial charge in [-0.3, -0.25) is 10.1 Å². The summed E-state index contributed by atoms with van der Waals surface area (Å²) in [5, 5.41) is 2.47. The van der Waals surface area contributed by atoms with Crippen LogP contribution in [-0.4, -0.2) is 31.7 Å². The molecule has 0 aliphatic rings. The lowest BCUT2D eigenvalue weighted by Crippen LogP contribution is -2.33. The maximum absolute atomic E-state index is 13.1. The van der Waals surface area contributed by atoms with E-state index in [1.54, 1.807) is 0 Å². The Labute approximate surface area is 132 Å². The van der Waals surface area contributed by atoms with E-state index in [0.717, 1.165) is 18.4 Å². The molecule has 116 valence electrons. The summed E-state index contributed by atoms with van der Waals surface area (Å²) in [7, 11) is 1.09. The van der Waals surface area contributed by atoms with E-state index in [1.165, 1.54) is 18.2 Å². The third kappa shape index (κ3) is 3.52. The lowest BCUT2D eigenvalue weighted by molar-refractivity contribution is -0.123. The van der Waals surface area contributed by atoms with Crippen LogP contribution in [0.25, 0.3) is 10.1 Å². The molecule has 0 atom stereocenters. The molecule has 1 aromatic heterocycles. The molecule has 0 saturated heterocycles. The molecule has 0 aliphatic carbocycles. The highest BCUT2D eigenvalue weighted by molar-refractivity contribution is 7.21. The van der Waals surface area contributed by atoms with Crippen LogP contribution in [-0.2, 0) is 14.3 Å². The van der Waals surface area contributed by atoms with Crippen molar-refractivity contribution in [3.8, 4) is 0 Å². The average molecular weight is 346 g/mol. The molecule has 6 nitrogen and oxygen atoms in total. The lowest BCUT2D eigenvalue weighted by Gasteiger charge is -2.03. The highest BCUT2D eigenvalue weighted by atomic mass is 35.5. The predicted octanol–water partition coefficient (Wildman–Crippen LogP) is 2.73. The first-order chi connectivity index (χ1) is 10.4. The molecule has 0 fully saturated rings. The van der Waals surface area contributed by atoms with Crippen LogP contribution in [0.5, 0.6) is 0 Å². The van der Waals surface area contributed by atoms with Crippen LogP contribution in [0.3, 0.4) is 0 Å². The summed E-state index contributed by atoms with van der Waals surface area (Å²) in [4.78, 5) is 34.0. The van der Waals surface area contributed by atoms with Crippen LogP contribution in [0.2, 0.25) is 5.02 Å². The number of methoxy groups -OCH3 is 1. The minimum atomic E-state index is -0.962. The second-order valence-corrected chi connectivity index (χ2v) is 5.43. The standard InChI is InChI=1S/C13H9ClFNO5S/c1-20-13(19)16-9(17)5-21-12(18)11-10(14)7-3-2-6(15)4-8(7)22-11/h2-4H,5H2,1H3,(H,16,17,19). The predicted molar refractivity (Wildman–Crippen MR) is 77.6 cm³/mol. The van der Waals surface area contributed by atoms with E-state index in [2.05, 4.69) is 4.74 Å². The maximum atomic E-state index is 13.1. The topological polar surface area (TPSA) is 81.7 Å². The van der Waals surface area contributed by atoms with E-state index in [-0.39, 0.29) is 9.90 Å². The van der Waals surface area contributed by atoms with Crippen LogP contribution in [0, 0.1) is 5.82 Å². The van der Waals surface area contributed by atoms with Crippen LogP contribution in [0.15, 0.2) is 18.2 Å². The Hall–Kier alpha value is -2.19. The fourth-order valence-corrected chi connectivity index (χ4v) is 2.99. The number of imide groups is 1. The molecule has 0 unspecified atom stereocenters. The number of ether oxygens (including phenoxy) is 2. The minimum Gasteiger partial charge on any atom is -0.453 e. The number of esters is 1. The maximum Gasteiger partial charge on any atom is 0.413 e. The van der Waals surface area contributed by atoms with Crippen molar-refractivity contribution in [2.45, 2.75) is 0 Å². The average Bonchev–Trinajstić information content (AvgIpc) is 2.81. The molecule has 2 aromatic rings. The first-order valence-corrected chi connectivity index (χ1v) is 7.04. The molecule has 9 heteroatoms. The molecule has 0 bridgehead atoms. The third-order valence-electron chi connectivity index (χ3n) is 2.54. The first-order valence-electron chi connectivity index (χ1n) is 5.85. The zero-order chi connectivity index (χ0) is 16.3. The van der Waals surface area contributed by atoms with E-state index in [4.69, 9.17) is 16.3 Å². The molecule has 0 spiro atoms. The number of amides is 2. The number of carbonyl (C=O) groups is 3. The van der Waals surface area contributed by atoms with Gasteiger partial charge in [-0.2, -0.15) is 0 Å². The number of nitrogens with one attached hydrogen (secondary N) is 1. The normalized spacial score (nSPS) is 10.3. The van der Waals surface area contributed by atoms with Crippen molar-refractivity contribution in [1.82, 2.24) is 5.32 Å². The van der Waals surface area contributed by atoms with Gasteiger partial charge in [0.1, 0.15) is 10.7 Å². The number of rotatable bonds is 3. The Morgan fingerprint density at radius 2 is 2.09 bits per heavy atom. The molecule has 0 saturated carbocycles. The summed E-state index contributed by atoms with van der Waals surface area (Å²) in [5.41, 5.74) is 0. The third-order valence-corrected chi connectivity index (χ3v) is 4.18. The Balaban J connectivity index is 2.08. The molecule has 1 heterocycles. The second kappa shape index (κ2) is 6.71. The second-order valence-electron chi connectivity index (χ2n) is 4.00. The van der Waals surface area contributed by atoms with Crippen LogP contribution < -0.4 is 5.32 Å². The summed E-state index contributed by atoms with van der Waals surface area (Å²) in [5.74, 6) is -2.14. The van der Waals surface area contributed by atoms with E-state index in [1.807, 2.05) is 5.32 Å². The lowest BCUT2D eigenvalue weighted by atomic mass is 10.2. The van der Waals surface area contributed by atoms with Gasteiger partial charge in [0, 0.05) is 10.1 Å². The van der Waals surface area contributed by atoms with Crippen LogP contribution in [0.4, 0.5) is 9.18 Å². The largest absolute Gasteiger partial charge is 0.453 e. The summed E-state index contributed by atoms with van der Waals surface area (Å²) < 4.78 is 22.6. The molecule has 0 radical (unpaired) electrons. The summed E-state index contributed by atoms with van der Waals surface area (Å²) >= 11 is 6.99. The SMILES string of the molecule is COC(=O)NC(=O)COC(=O)c1sc2cc(F)ccc2c1Cl. The van der Waals surface area contributed by atoms with Crippen molar-refractivity contribution < 1.29 is 28.2 Å². The van der Waals surface area contributed by atoms with Gasteiger partial charge in [-0.25, -0.2) is 14.0 Å². The van der Waals surface area contributed by atoms with Gasteiger partial charge in [0.15, 0.2) is 6.61 Å². The number of benzene rings is 1. The van der Waals surface area contributed by atoms with Gasteiger partial charge in [-0.1, -0.05) is 11.6 Å². The molecular formula is C13H9ClFNO5S. The fourth-order valence-electron chi connectivity index (χ4n) is 1.57. The van der Waals surface area contributed by atoms with Crippen molar-refractivity contribution in [3.05, 3.63) is 33.9 Å². The number of fused-ring (bicyclic) bond motifs is 1. The Morgan fingerprint density at radius 1 is 1.36 bits per heavy atom. The fraction of sp³-hybridized carbons (Fsp3) is 0.154. The summed E-state index contributed by atoms with van der Waals surface area (Å²) in [6.07, 6.45) is -0.962. The minimum absolute atomic E-state index is 0.0492. The molecule has 0 aliphatic heterocycles. The van der Waals surface area contributed by atoms with E-state index in [9.17, 15) is 18.8 Å². The monoisotopic (exact) mass is 345 g/mol. The highest BCUT2D eigenvalue weighted by Gasteiger charge is 2.20. The Morgan fingerprint density at radius 3 is 2.77 bits per heavy atom. The van der Waals surface area contributed by atoms with E-state index < -0.39 is 30.4 Å². The van der Waals surface area contributed by atoms with Gasteiger partial charge in [-0.05, 0) is 18.2 Å².